The van der Waals surface area contributed by atoms with Crippen LogP contribution in [0.1, 0.15) is 16.7 Å². The van der Waals surface area contributed by atoms with Gasteiger partial charge in [-0.2, -0.15) is 23.7 Å². The molecule has 0 aliphatic heterocycles. The van der Waals surface area contributed by atoms with E-state index in [9.17, 15) is 13.2 Å². The summed E-state index contributed by atoms with van der Waals surface area (Å²) < 4.78 is 36.9. The zero-order valence-corrected chi connectivity index (χ0v) is 6.76. The molecule has 0 saturated heterocycles. The van der Waals surface area contributed by atoms with Crippen LogP contribution in [0.15, 0.2) is 18.2 Å². The first-order valence-electron chi connectivity index (χ1n) is 3.51. The molecule has 0 atom stereocenters. The van der Waals surface area contributed by atoms with Crippen LogP contribution in [0.5, 0.6) is 0 Å². The van der Waals surface area contributed by atoms with Gasteiger partial charge >= 0.3 is 6.18 Å². The Balaban J connectivity index is 3.49. The Morgan fingerprint density at radius 3 is 2.14 bits per heavy atom. The molecule has 0 amide bonds. The van der Waals surface area contributed by atoms with E-state index in [1.54, 1.807) is 0 Å². The molecular formula is C9H3F3N2. The smallest absolute Gasteiger partial charge is 0.192 e. The molecule has 5 heteroatoms. The zero-order chi connectivity index (χ0) is 10.8. The van der Waals surface area contributed by atoms with E-state index in [0.717, 1.165) is 12.1 Å². The van der Waals surface area contributed by atoms with Gasteiger partial charge in [0, 0.05) is 0 Å². The first-order chi connectivity index (χ1) is 6.50. The highest BCUT2D eigenvalue weighted by Gasteiger charge is 2.34. The van der Waals surface area contributed by atoms with Crippen LogP contribution >= 0.6 is 0 Å². The molecule has 0 aliphatic rings. The molecule has 2 nitrogen and oxygen atoms in total. The van der Waals surface area contributed by atoms with Crippen LogP contribution in [0.3, 0.4) is 0 Å². The van der Waals surface area contributed by atoms with Gasteiger partial charge in [0.1, 0.15) is 12.1 Å². The van der Waals surface area contributed by atoms with Gasteiger partial charge in [-0.05, 0) is 12.1 Å². The van der Waals surface area contributed by atoms with E-state index in [-0.39, 0.29) is 5.56 Å². The summed E-state index contributed by atoms with van der Waals surface area (Å²) in [5.74, 6) is 0. The number of nitriles is 2. The van der Waals surface area contributed by atoms with Gasteiger partial charge in [0.05, 0.1) is 16.7 Å². The second-order valence-corrected chi connectivity index (χ2v) is 2.45. The minimum atomic E-state index is -4.60. The second kappa shape index (κ2) is 3.39. The summed E-state index contributed by atoms with van der Waals surface area (Å²) in [5.41, 5.74) is -1.95. The molecule has 0 radical (unpaired) electrons. The van der Waals surface area contributed by atoms with E-state index < -0.39 is 17.3 Å². The molecule has 1 aromatic carbocycles. The molecule has 1 rings (SSSR count). The summed E-state index contributed by atoms with van der Waals surface area (Å²) in [6.07, 6.45) is -4.60. The molecule has 0 aliphatic carbocycles. The van der Waals surface area contributed by atoms with E-state index in [1.165, 1.54) is 18.2 Å². The van der Waals surface area contributed by atoms with Crippen molar-refractivity contribution in [3.8, 4) is 12.1 Å². The molecule has 1 aromatic rings. The highest BCUT2D eigenvalue weighted by Crippen LogP contribution is 2.32. The Morgan fingerprint density at radius 2 is 1.71 bits per heavy atom. The fraction of sp³-hybridized carbons (Fsp3) is 0.111. The van der Waals surface area contributed by atoms with Gasteiger partial charge < -0.3 is 0 Å². The van der Waals surface area contributed by atoms with Gasteiger partial charge in [-0.25, -0.2) is 0 Å². The Labute approximate surface area is 77.8 Å². The zero-order valence-electron chi connectivity index (χ0n) is 6.76. The van der Waals surface area contributed by atoms with Crippen LogP contribution in [0.2, 0.25) is 0 Å². The Hall–Kier alpha value is -2.01. The maximum Gasteiger partial charge on any atom is 0.417 e. The van der Waals surface area contributed by atoms with Gasteiger partial charge in [0.2, 0.25) is 0 Å². The van der Waals surface area contributed by atoms with Crippen molar-refractivity contribution >= 4 is 0 Å². The monoisotopic (exact) mass is 196 g/mol. The third-order valence-electron chi connectivity index (χ3n) is 1.60. The standard InChI is InChI=1S/C9H3F3N2/c10-9(11,12)8-3-1-2-6(4-13)7(8)5-14/h1-3H. The first kappa shape index (κ1) is 10.1. The first-order valence-corrected chi connectivity index (χ1v) is 3.51. The van der Waals surface area contributed by atoms with Crippen molar-refractivity contribution in [1.29, 1.82) is 10.5 Å². The largest absolute Gasteiger partial charge is 0.417 e. The average Bonchev–Trinajstić information content (AvgIpc) is 2.15. The second-order valence-electron chi connectivity index (χ2n) is 2.45. The molecule has 14 heavy (non-hydrogen) atoms. The highest BCUT2D eigenvalue weighted by atomic mass is 19.4. The van der Waals surface area contributed by atoms with Gasteiger partial charge in [0.15, 0.2) is 0 Å². The summed E-state index contributed by atoms with van der Waals surface area (Å²) in [6.45, 7) is 0. The Kier molecular flexibility index (Phi) is 2.44. The van der Waals surface area contributed by atoms with Crippen molar-refractivity contribution in [2.45, 2.75) is 6.18 Å². The fourth-order valence-corrected chi connectivity index (χ4v) is 1.00. The molecule has 70 valence electrons. The van der Waals surface area contributed by atoms with Gasteiger partial charge in [0.25, 0.3) is 0 Å². The number of nitrogens with zero attached hydrogens (tertiary/aromatic N) is 2. The molecule has 0 saturated carbocycles. The van der Waals surface area contributed by atoms with Crippen LogP contribution in [-0.2, 0) is 6.18 Å². The highest BCUT2D eigenvalue weighted by molar-refractivity contribution is 5.51. The van der Waals surface area contributed by atoms with Crippen molar-refractivity contribution in [2.75, 3.05) is 0 Å². The number of hydrogen-bond donors (Lipinski definition) is 0. The van der Waals surface area contributed by atoms with Crippen LogP contribution in [0.25, 0.3) is 0 Å². The van der Waals surface area contributed by atoms with Crippen LogP contribution in [-0.4, -0.2) is 0 Å². The van der Waals surface area contributed by atoms with Crippen LogP contribution < -0.4 is 0 Å². The molecule has 0 bridgehead atoms. The van der Waals surface area contributed by atoms with E-state index in [4.69, 9.17) is 10.5 Å². The van der Waals surface area contributed by atoms with Crippen molar-refractivity contribution in [1.82, 2.24) is 0 Å². The molecule has 0 N–H and O–H groups in total. The lowest BCUT2D eigenvalue weighted by Gasteiger charge is -2.08. The number of halogens is 3. The number of benzene rings is 1. The van der Waals surface area contributed by atoms with Crippen LogP contribution in [0, 0.1) is 22.7 Å². The quantitative estimate of drug-likeness (QED) is 0.639. The Morgan fingerprint density at radius 1 is 1.07 bits per heavy atom. The summed E-state index contributed by atoms with van der Waals surface area (Å²) in [4.78, 5) is 0. The van der Waals surface area contributed by atoms with E-state index in [2.05, 4.69) is 0 Å². The normalized spacial score (nSPS) is 10.4. The number of alkyl halides is 3. The summed E-state index contributed by atoms with van der Waals surface area (Å²) in [5, 5.41) is 17.0. The number of hydrogen-bond acceptors (Lipinski definition) is 2. The third kappa shape index (κ3) is 1.67. The molecule has 0 aromatic heterocycles. The van der Waals surface area contributed by atoms with Gasteiger partial charge in [-0.15, -0.1) is 0 Å². The fourth-order valence-electron chi connectivity index (χ4n) is 1.00. The van der Waals surface area contributed by atoms with Crippen molar-refractivity contribution in [3.05, 3.63) is 34.9 Å². The van der Waals surface area contributed by atoms with Gasteiger partial charge in [-0.1, -0.05) is 6.07 Å². The van der Waals surface area contributed by atoms with E-state index in [0.29, 0.717) is 0 Å². The predicted octanol–water partition coefficient (Wildman–Crippen LogP) is 2.45. The lowest BCUT2D eigenvalue weighted by molar-refractivity contribution is -0.137. The van der Waals surface area contributed by atoms with Crippen molar-refractivity contribution < 1.29 is 13.2 Å². The van der Waals surface area contributed by atoms with Crippen molar-refractivity contribution in [2.24, 2.45) is 0 Å². The SMILES string of the molecule is N#Cc1cccc(C(F)(F)F)c1C#N. The lowest BCUT2D eigenvalue weighted by Crippen LogP contribution is -2.08. The third-order valence-corrected chi connectivity index (χ3v) is 1.60. The molecule has 0 fully saturated rings. The number of rotatable bonds is 0. The van der Waals surface area contributed by atoms with Crippen molar-refractivity contribution in [3.63, 3.8) is 0 Å². The summed E-state index contributed by atoms with van der Waals surface area (Å²) in [7, 11) is 0. The molecule has 0 unspecified atom stereocenters. The maximum absolute atomic E-state index is 12.3. The van der Waals surface area contributed by atoms with E-state index in [1.807, 2.05) is 0 Å². The molecule has 0 spiro atoms. The summed E-state index contributed by atoms with van der Waals surface area (Å²) >= 11 is 0. The average molecular weight is 196 g/mol. The Bertz CT molecular complexity index is 435. The summed E-state index contributed by atoms with van der Waals surface area (Å²) in [6, 6.07) is 5.97. The predicted molar refractivity (Wildman–Crippen MR) is 40.9 cm³/mol. The van der Waals surface area contributed by atoms with E-state index >= 15 is 0 Å². The minimum Gasteiger partial charge on any atom is -0.192 e. The topological polar surface area (TPSA) is 47.6 Å². The van der Waals surface area contributed by atoms with Gasteiger partial charge in [-0.3, -0.25) is 0 Å². The molecular weight excluding hydrogens is 193 g/mol. The minimum absolute atomic E-state index is 0.262. The molecule has 0 heterocycles. The van der Waals surface area contributed by atoms with Crippen LogP contribution in [0.4, 0.5) is 13.2 Å². The lowest BCUT2D eigenvalue weighted by atomic mass is 10.0. The maximum atomic E-state index is 12.3.